The smallest absolute Gasteiger partial charge is 0.0459 e. The quantitative estimate of drug-likeness (QED) is 0.689. The van der Waals surface area contributed by atoms with Gasteiger partial charge in [-0.2, -0.15) is 0 Å². The number of aromatic nitrogens is 1. The van der Waals surface area contributed by atoms with Gasteiger partial charge in [0.2, 0.25) is 0 Å². The zero-order valence-corrected chi connectivity index (χ0v) is 9.29. The van der Waals surface area contributed by atoms with Crippen molar-refractivity contribution in [3.05, 3.63) is 35.5 Å². The number of hydrogen-bond donors (Lipinski definition) is 2. The Bertz CT molecular complexity index is 541. The number of fused-ring (bicyclic) bond motifs is 5. The lowest BCUT2D eigenvalue weighted by molar-refractivity contribution is 0.451. The molecule has 0 spiro atoms. The fourth-order valence-electron chi connectivity index (χ4n) is 3.54. The van der Waals surface area contributed by atoms with Gasteiger partial charge in [-0.15, -0.1) is 0 Å². The molecule has 0 bridgehead atoms. The highest BCUT2D eigenvalue weighted by Crippen LogP contribution is 2.41. The number of benzene rings is 1. The first-order chi connectivity index (χ1) is 7.93. The molecule has 2 heterocycles. The van der Waals surface area contributed by atoms with Crippen LogP contribution in [0.3, 0.4) is 0 Å². The van der Waals surface area contributed by atoms with E-state index in [1.165, 1.54) is 42.5 Å². The molecule has 1 aromatic heterocycles. The van der Waals surface area contributed by atoms with E-state index in [1.807, 2.05) is 0 Å². The third-order valence-corrected chi connectivity index (χ3v) is 4.30. The number of aryl methyl sites for hydroxylation is 1. The van der Waals surface area contributed by atoms with Crippen molar-refractivity contribution in [3.63, 3.8) is 0 Å². The molecular formula is C14H16N2. The van der Waals surface area contributed by atoms with Crippen LogP contribution in [0.5, 0.6) is 0 Å². The van der Waals surface area contributed by atoms with Crippen molar-refractivity contribution >= 4 is 10.9 Å². The minimum Gasteiger partial charge on any atom is -0.358 e. The second kappa shape index (κ2) is 3.11. The first kappa shape index (κ1) is 8.82. The molecule has 16 heavy (non-hydrogen) atoms. The molecule has 0 amide bonds. The van der Waals surface area contributed by atoms with Gasteiger partial charge < -0.3 is 10.3 Å². The van der Waals surface area contributed by atoms with Gasteiger partial charge in [-0.3, -0.25) is 0 Å². The average molecular weight is 212 g/mol. The Kier molecular flexibility index (Phi) is 1.71. The van der Waals surface area contributed by atoms with Crippen LogP contribution in [0.1, 0.15) is 23.6 Å². The van der Waals surface area contributed by atoms with E-state index in [0.717, 1.165) is 11.8 Å². The van der Waals surface area contributed by atoms with Crippen molar-refractivity contribution in [2.45, 2.75) is 18.8 Å². The zero-order chi connectivity index (χ0) is 10.5. The van der Waals surface area contributed by atoms with Gasteiger partial charge in [0.15, 0.2) is 0 Å². The predicted molar refractivity (Wildman–Crippen MR) is 65.7 cm³/mol. The van der Waals surface area contributed by atoms with E-state index >= 15 is 0 Å². The summed E-state index contributed by atoms with van der Waals surface area (Å²) in [4.78, 5) is 3.60. The Morgan fingerprint density at radius 1 is 1.12 bits per heavy atom. The lowest BCUT2D eigenvalue weighted by Crippen LogP contribution is -2.18. The Morgan fingerprint density at radius 2 is 2.06 bits per heavy atom. The molecule has 0 radical (unpaired) electrons. The zero-order valence-electron chi connectivity index (χ0n) is 9.29. The van der Waals surface area contributed by atoms with Crippen molar-refractivity contribution < 1.29 is 0 Å². The molecule has 1 aliphatic carbocycles. The number of hydrogen-bond acceptors (Lipinski definition) is 1. The van der Waals surface area contributed by atoms with E-state index in [2.05, 4.69) is 34.6 Å². The number of aromatic amines is 1. The monoisotopic (exact) mass is 212 g/mol. The lowest BCUT2D eigenvalue weighted by Gasteiger charge is -2.24. The molecule has 2 nitrogen and oxygen atoms in total. The van der Waals surface area contributed by atoms with Gasteiger partial charge in [0.25, 0.3) is 0 Å². The summed E-state index contributed by atoms with van der Waals surface area (Å²) in [6.07, 6.45) is 2.57. The Morgan fingerprint density at radius 3 is 3.06 bits per heavy atom. The van der Waals surface area contributed by atoms with Crippen LogP contribution in [0, 0.1) is 5.92 Å². The maximum atomic E-state index is 3.60. The molecule has 82 valence electrons. The predicted octanol–water partition coefficient (Wildman–Crippen LogP) is 2.42. The molecule has 1 fully saturated rings. The van der Waals surface area contributed by atoms with Crippen LogP contribution in [0.2, 0.25) is 0 Å². The van der Waals surface area contributed by atoms with Crippen LogP contribution < -0.4 is 5.32 Å². The molecule has 2 heteroatoms. The summed E-state index contributed by atoms with van der Waals surface area (Å²) < 4.78 is 0. The van der Waals surface area contributed by atoms with E-state index in [-0.39, 0.29) is 0 Å². The molecule has 2 N–H and O–H groups in total. The Hall–Kier alpha value is -1.28. The second-order valence-electron chi connectivity index (χ2n) is 5.13. The molecule has 2 atom stereocenters. The lowest BCUT2D eigenvalue weighted by atomic mass is 9.79. The fourth-order valence-corrected chi connectivity index (χ4v) is 3.54. The maximum Gasteiger partial charge on any atom is 0.0459 e. The summed E-state index contributed by atoms with van der Waals surface area (Å²) in [5.41, 5.74) is 4.42. The number of nitrogens with one attached hydrogen (secondary N) is 2. The summed E-state index contributed by atoms with van der Waals surface area (Å²) >= 11 is 0. The summed E-state index contributed by atoms with van der Waals surface area (Å²) in [5, 5.41) is 5.00. The van der Waals surface area contributed by atoms with Crippen molar-refractivity contribution in [3.8, 4) is 0 Å². The SMILES string of the molecule is c1ccc2c3c([nH]c2c1)CCC1CNC[C@H]31. The number of rotatable bonds is 0. The standard InChI is InChI=1S/C14H16N2/c1-2-4-12-10(3-1)14-11-8-15-7-9(11)5-6-13(14)16-12/h1-4,9,11,15-16H,5-8H2/t9?,11-/m0/s1. The van der Waals surface area contributed by atoms with Crippen LogP contribution in [0.4, 0.5) is 0 Å². The first-order valence-corrected chi connectivity index (χ1v) is 6.23. The molecule has 1 saturated heterocycles. The topological polar surface area (TPSA) is 27.8 Å². The van der Waals surface area contributed by atoms with Crippen LogP contribution in [0.25, 0.3) is 10.9 Å². The summed E-state index contributed by atoms with van der Waals surface area (Å²) in [6, 6.07) is 8.74. The molecular weight excluding hydrogens is 196 g/mol. The molecule has 1 aromatic carbocycles. The highest BCUT2D eigenvalue weighted by atomic mass is 14.9. The molecule has 0 saturated carbocycles. The fraction of sp³-hybridized carbons (Fsp3) is 0.429. The molecule has 2 aliphatic rings. The number of para-hydroxylation sites is 1. The molecule has 1 unspecified atom stereocenters. The van der Waals surface area contributed by atoms with Gasteiger partial charge in [-0.05, 0) is 36.9 Å². The molecule has 2 aromatic rings. The number of H-pyrrole nitrogens is 1. The van der Waals surface area contributed by atoms with Gasteiger partial charge in [-0.1, -0.05) is 18.2 Å². The molecule has 1 aliphatic heterocycles. The largest absolute Gasteiger partial charge is 0.358 e. The van der Waals surface area contributed by atoms with Gasteiger partial charge >= 0.3 is 0 Å². The van der Waals surface area contributed by atoms with E-state index in [9.17, 15) is 0 Å². The third-order valence-electron chi connectivity index (χ3n) is 4.30. The van der Waals surface area contributed by atoms with Crippen LogP contribution in [-0.4, -0.2) is 18.1 Å². The highest BCUT2D eigenvalue weighted by molar-refractivity contribution is 5.85. The van der Waals surface area contributed by atoms with Crippen LogP contribution >= 0.6 is 0 Å². The van der Waals surface area contributed by atoms with Gasteiger partial charge in [0, 0.05) is 29.1 Å². The van der Waals surface area contributed by atoms with E-state index in [0.29, 0.717) is 0 Å². The van der Waals surface area contributed by atoms with Crippen molar-refractivity contribution in [1.29, 1.82) is 0 Å². The normalized spacial score (nSPS) is 28.0. The van der Waals surface area contributed by atoms with E-state index < -0.39 is 0 Å². The molecule has 4 rings (SSSR count). The van der Waals surface area contributed by atoms with Crippen molar-refractivity contribution in [1.82, 2.24) is 10.3 Å². The average Bonchev–Trinajstić information content (AvgIpc) is 2.91. The van der Waals surface area contributed by atoms with E-state index in [4.69, 9.17) is 0 Å². The highest BCUT2D eigenvalue weighted by Gasteiger charge is 2.35. The first-order valence-electron chi connectivity index (χ1n) is 6.23. The van der Waals surface area contributed by atoms with Crippen molar-refractivity contribution in [2.24, 2.45) is 5.92 Å². The summed E-state index contributed by atoms with van der Waals surface area (Å²) in [7, 11) is 0. The minimum atomic E-state index is 0.750. The third kappa shape index (κ3) is 1.05. The van der Waals surface area contributed by atoms with Crippen LogP contribution in [0.15, 0.2) is 24.3 Å². The Labute approximate surface area is 95.1 Å². The van der Waals surface area contributed by atoms with Crippen LogP contribution in [-0.2, 0) is 6.42 Å². The van der Waals surface area contributed by atoms with Gasteiger partial charge in [-0.25, -0.2) is 0 Å². The van der Waals surface area contributed by atoms with Gasteiger partial charge in [0.1, 0.15) is 0 Å². The summed E-state index contributed by atoms with van der Waals surface area (Å²) in [6.45, 7) is 2.38. The minimum absolute atomic E-state index is 0.750. The van der Waals surface area contributed by atoms with E-state index in [1.54, 1.807) is 5.56 Å². The Balaban J connectivity index is 1.99. The summed E-state index contributed by atoms with van der Waals surface area (Å²) in [5.74, 6) is 1.62. The van der Waals surface area contributed by atoms with Gasteiger partial charge in [0.05, 0.1) is 0 Å². The second-order valence-corrected chi connectivity index (χ2v) is 5.13. The maximum absolute atomic E-state index is 3.60. The van der Waals surface area contributed by atoms with Crippen molar-refractivity contribution in [2.75, 3.05) is 13.1 Å².